The maximum absolute atomic E-state index is 12.8. The summed E-state index contributed by atoms with van der Waals surface area (Å²) in [5.41, 5.74) is -0.668. The van der Waals surface area contributed by atoms with Crippen LogP contribution < -0.4 is 0 Å². The van der Waals surface area contributed by atoms with E-state index >= 15 is 0 Å². The van der Waals surface area contributed by atoms with E-state index in [0.717, 1.165) is 0 Å². The lowest BCUT2D eigenvalue weighted by Gasteiger charge is -2.17. The number of Topliss-reactive ketones (excluding diaryl/α,β-unsaturated/α-hetero) is 1. The summed E-state index contributed by atoms with van der Waals surface area (Å²) in [5.74, 6) is -0.177. The molecule has 0 unspecified atom stereocenters. The molecule has 0 atom stereocenters. The smallest absolute Gasteiger partial charge is 0.294 e. The van der Waals surface area contributed by atoms with E-state index in [9.17, 15) is 18.0 Å². The third-order valence-electron chi connectivity index (χ3n) is 2.98. The highest BCUT2D eigenvalue weighted by Gasteiger charge is 2.40. The van der Waals surface area contributed by atoms with Gasteiger partial charge in [-0.15, -0.1) is 0 Å². The Morgan fingerprint density at radius 1 is 1.21 bits per heavy atom. The molecule has 0 N–H and O–H groups in total. The van der Waals surface area contributed by atoms with E-state index in [4.69, 9.17) is 0 Å². The number of rotatable bonds is 1. The third kappa shape index (κ3) is 2.55. The number of ketones is 1. The molecule has 1 aliphatic heterocycles. The molecule has 1 aliphatic rings. The third-order valence-corrected chi connectivity index (χ3v) is 2.98. The zero-order chi connectivity index (χ0) is 14.4. The highest BCUT2D eigenvalue weighted by Crippen LogP contribution is 2.31. The molecule has 0 fully saturated rings. The van der Waals surface area contributed by atoms with Gasteiger partial charge in [-0.25, -0.2) is 0 Å². The topological polar surface area (TPSA) is 29.4 Å². The second-order valence-corrected chi connectivity index (χ2v) is 5.61. The van der Waals surface area contributed by atoms with Crippen molar-refractivity contribution in [1.82, 2.24) is 0 Å². The van der Waals surface area contributed by atoms with Gasteiger partial charge in [0.25, 0.3) is 0 Å². The number of carbonyl (C=O) groups is 1. The molecule has 2 rings (SSSR count). The number of hydrogen-bond donors (Lipinski definition) is 0. The van der Waals surface area contributed by atoms with Gasteiger partial charge in [0.2, 0.25) is 0 Å². The van der Waals surface area contributed by atoms with Gasteiger partial charge in [0.1, 0.15) is 5.71 Å². The van der Waals surface area contributed by atoms with Gasteiger partial charge in [0, 0.05) is 16.5 Å². The molecule has 0 bridgehead atoms. The Kier molecular flexibility index (Phi) is 3.03. The normalized spacial score (nSPS) is 15.2. The number of halogens is 3. The first kappa shape index (κ1) is 13.8. The zero-order valence-corrected chi connectivity index (χ0v) is 10.9. The molecular weight excluding hydrogens is 255 g/mol. The first-order valence-electron chi connectivity index (χ1n) is 5.90. The van der Waals surface area contributed by atoms with E-state index in [1.807, 2.05) is 0 Å². The van der Waals surface area contributed by atoms with Gasteiger partial charge < -0.3 is 0 Å². The lowest BCUT2D eigenvalue weighted by Crippen LogP contribution is -2.24. The summed E-state index contributed by atoms with van der Waals surface area (Å²) in [6.07, 6.45) is -4.48. The maximum atomic E-state index is 12.8. The minimum Gasteiger partial charge on any atom is -0.294 e. The SMILES string of the molecule is CC(C)(C)C(=O)c1ccc2c(c1)C(C(F)(F)F)=NC2. The predicted octanol–water partition coefficient (Wildman–Crippen LogP) is 3.78. The van der Waals surface area contributed by atoms with Crippen molar-refractivity contribution in [3.8, 4) is 0 Å². The van der Waals surface area contributed by atoms with Crippen molar-refractivity contribution in [3.05, 3.63) is 34.9 Å². The molecule has 0 aliphatic carbocycles. The number of nitrogens with zero attached hydrogens (tertiary/aromatic N) is 1. The van der Waals surface area contributed by atoms with Gasteiger partial charge in [0.05, 0.1) is 6.54 Å². The number of fused-ring (bicyclic) bond motifs is 1. The molecule has 0 spiro atoms. The molecule has 2 nitrogen and oxygen atoms in total. The van der Waals surface area contributed by atoms with Crippen molar-refractivity contribution in [3.63, 3.8) is 0 Å². The molecule has 0 saturated heterocycles. The molecule has 1 aromatic rings. The van der Waals surface area contributed by atoms with Crippen LogP contribution in [-0.4, -0.2) is 17.7 Å². The molecule has 5 heteroatoms. The van der Waals surface area contributed by atoms with Crippen molar-refractivity contribution in [1.29, 1.82) is 0 Å². The van der Waals surface area contributed by atoms with E-state index < -0.39 is 17.3 Å². The molecule has 1 heterocycles. The van der Waals surface area contributed by atoms with Crippen LogP contribution in [0.3, 0.4) is 0 Å². The number of benzene rings is 1. The largest absolute Gasteiger partial charge is 0.433 e. The molecule has 102 valence electrons. The van der Waals surface area contributed by atoms with Crippen LogP contribution >= 0.6 is 0 Å². The first-order chi connectivity index (χ1) is 8.60. The van der Waals surface area contributed by atoms with Gasteiger partial charge in [-0.2, -0.15) is 13.2 Å². The summed E-state index contributed by atoms with van der Waals surface area (Å²) < 4.78 is 38.4. The van der Waals surface area contributed by atoms with Crippen molar-refractivity contribution in [2.24, 2.45) is 10.4 Å². The van der Waals surface area contributed by atoms with Crippen LogP contribution in [0.25, 0.3) is 0 Å². The van der Waals surface area contributed by atoms with Crippen molar-refractivity contribution in [2.45, 2.75) is 33.5 Å². The summed E-state index contributed by atoms with van der Waals surface area (Å²) in [7, 11) is 0. The fourth-order valence-corrected chi connectivity index (χ4v) is 2.00. The summed E-state index contributed by atoms with van der Waals surface area (Å²) in [5, 5.41) is 0. The number of aliphatic imine (C=N–C) groups is 1. The number of hydrogen-bond acceptors (Lipinski definition) is 2. The van der Waals surface area contributed by atoms with Crippen LogP contribution in [0.15, 0.2) is 23.2 Å². The van der Waals surface area contributed by atoms with Gasteiger partial charge in [-0.3, -0.25) is 9.79 Å². The number of alkyl halides is 3. The molecular formula is C14H14F3NO. The second-order valence-electron chi connectivity index (χ2n) is 5.61. The molecule has 0 saturated carbocycles. The lowest BCUT2D eigenvalue weighted by molar-refractivity contribution is -0.0579. The highest BCUT2D eigenvalue weighted by atomic mass is 19.4. The van der Waals surface area contributed by atoms with E-state index in [0.29, 0.717) is 11.1 Å². The summed E-state index contributed by atoms with van der Waals surface area (Å²) in [4.78, 5) is 15.6. The van der Waals surface area contributed by atoms with Crippen LogP contribution in [0.5, 0.6) is 0 Å². The monoisotopic (exact) mass is 269 g/mol. The van der Waals surface area contributed by atoms with Crippen molar-refractivity contribution < 1.29 is 18.0 Å². The summed E-state index contributed by atoms with van der Waals surface area (Å²) in [6.45, 7) is 5.23. The predicted molar refractivity (Wildman–Crippen MR) is 66.5 cm³/mol. The average Bonchev–Trinajstić information content (AvgIpc) is 2.68. The van der Waals surface area contributed by atoms with E-state index in [2.05, 4.69) is 4.99 Å². The lowest BCUT2D eigenvalue weighted by atomic mass is 9.85. The Balaban J connectivity index is 2.46. The molecule has 19 heavy (non-hydrogen) atoms. The van der Waals surface area contributed by atoms with Crippen LogP contribution in [-0.2, 0) is 6.54 Å². The van der Waals surface area contributed by atoms with Crippen molar-refractivity contribution >= 4 is 11.5 Å². The Morgan fingerprint density at radius 3 is 2.37 bits per heavy atom. The van der Waals surface area contributed by atoms with Crippen LogP contribution in [0.4, 0.5) is 13.2 Å². The van der Waals surface area contributed by atoms with Gasteiger partial charge in [0.15, 0.2) is 5.78 Å². The van der Waals surface area contributed by atoms with Crippen molar-refractivity contribution in [2.75, 3.05) is 0 Å². The fraction of sp³-hybridized carbons (Fsp3) is 0.429. The summed E-state index contributed by atoms with van der Waals surface area (Å²) >= 11 is 0. The minimum atomic E-state index is -4.48. The van der Waals surface area contributed by atoms with Crippen LogP contribution in [0, 0.1) is 5.41 Å². The average molecular weight is 269 g/mol. The van der Waals surface area contributed by atoms with Gasteiger partial charge >= 0.3 is 6.18 Å². The van der Waals surface area contributed by atoms with Crippen LogP contribution in [0.1, 0.15) is 42.3 Å². The Bertz CT molecular complexity index is 565. The number of carbonyl (C=O) groups excluding carboxylic acids is 1. The highest BCUT2D eigenvalue weighted by molar-refractivity contribution is 6.09. The summed E-state index contributed by atoms with van der Waals surface area (Å²) in [6, 6.07) is 4.43. The van der Waals surface area contributed by atoms with E-state index in [-0.39, 0.29) is 17.9 Å². The molecule has 0 radical (unpaired) electrons. The first-order valence-corrected chi connectivity index (χ1v) is 5.90. The standard InChI is InChI=1S/C14H14F3NO/c1-13(2,3)12(19)8-4-5-9-7-18-11(10(9)6-8)14(15,16)17/h4-6H,7H2,1-3H3. The fourth-order valence-electron chi connectivity index (χ4n) is 2.00. The van der Waals surface area contributed by atoms with Crippen LogP contribution in [0.2, 0.25) is 0 Å². The Morgan fingerprint density at radius 2 is 1.84 bits per heavy atom. The van der Waals surface area contributed by atoms with E-state index in [1.165, 1.54) is 6.07 Å². The molecule has 1 aromatic carbocycles. The second kappa shape index (κ2) is 4.18. The minimum absolute atomic E-state index is 0.0220. The van der Waals surface area contributed by atoms with Gasteiger partial charge in [-0.05, 0) is 11.6 Å². The molecule has 0 amide bonds. The Hall–Kier alpha value is -1.65. The quantitative estimate of drug-likeness (QED) is 0.713. The zero-order valence-electron chi connectivity index (χ0n) is 10.9. The Labute approximate surface area is 109 Å². The van der Waals surface area contributed by atoms with E-state index in [1.54, 1.807) is 32.9 Å². The molecule has 0 aromatic heterocycles. The van der Waals surface area contributed by atoms with Gasteiger partial charge in [-0.1, -0.05) is 32.9 Å². The maximum Gasteiger partial charge on any atom is 0.433 e.